The standard InChI is InChI=1S/C19H31N/c1-14(2)12-20-13-17-10-9-15(3)11-19(17)18-8-6-5-7-16(18)4/h5-8,14-15,17,19-20H,9-13H2,1-4H3. The van der Waals surface area contributed by atoms with Gasteiger partial charge in [0.05, 0.1) is 0 Å². The lowest BCUT2D eigenvalue weighted by atomic mass is 9.70. The quantitative estimate of drug-likeness (QED) is 0.815. The molecule has 0 amide bonds. The molecular formula is C19H31N. The van der Waals surface area contributed by atoms with Crippen LogP contribution in [0.3, 0.4) is 0 Å². The summed E-state index contributed by atoms with van der Waals surface area (Å²) in [6.07, 6.45) is 4.14. The molecule has 112 valence electrons. The molecular weight excluding hydrogens is 242 g/mol. The molecule has 1 aliphatic rings. The summed E-state index contributed by atoms with van der Waals surface area (Å²) in [4.78, 5) is 0. The zero-order valence-electron chi connectivity index (χ0n) is 13.7. The Morgan fingerprint density at radius 1 is 1.20 bits per heavy atom. The van der Waals surface area contributed by atoms with Crippen molar-refractivity contribution in [3.05, 3.63) is 35.4 Å². The molecule has 3 atom stereocenters. The van der Waals surface area contributed by atoms with Crippen LogP contribution in [0.1, 0.15) is 57.1 Å². The van der Waals surface area contributed by atoms with Crippen molar-refractivity contribution >= 4 is 0 Å². The van der Waals surface area contributed by atoms with E-state index < -0.39 is 0 Å². The highest BCUT2D eigenvalue weighted by atomic mass is 14.9. The largest absolute Gasteiger partial charge is 0.316 e. The van der Waals surface area contributed by atoms with Gasteiger partial charge in [-0.15, -0.1) is 0 Å². The molecule has 1 aromatic carbocycles. The molecule has 0 aliphatic heterocycles. The molecule has 1 aromatic rings. The summed E-state index contributed by atoms with van der Waals surface area (Å²) in [5.41, 5.74) is 3.07. The van der Waals surface area contributed by atoms with Gasteiger partial charge in [0.15, 0.2) is 0 Å². The second kappa shape index (κ2) is 7.26. The Balaban J connectivity index is 2.06. The third kappa shape index (κ3) is 4.09. The molecule has 1 saturated carbocycles. The van der Waals surface area contributed by atoms with Crippen molar-refractivity contribution in [3.63, 3.8) is 0 Å². The average molecular weight is 273 g/mol. The van der Waals surface area contributed by atoms with Crippen LogP contribution in [0.15, 0.2) is 24.3 Å². The highest BCUT2D eigenvalue weighted by Gasteiger charge is 2.30. The van der Waals surface area contributed by atoms with E-state index in [0.29, 0.717) is 0 Å². The van der Waals surface area contributed by atoms with Crippen LogP contribution in [0.5, 0.6) is 0 Å². The first kappa shape index (κ1) is 15.6. The van der Waals surface area contributed by atoms with Crippen molar-refractivity contribution in [3.8, 4) is 0 Å². The maximum absolute atomic E-state index is 3.69. The fourth-order valence-corrected chi connectivity index (χ4v) is 3.63. The molecule has 1 fully saturated rings. The molecule has 1 heteroatoms. The molecule has 0 radical (unpaired) electrons. The van der Waals surface area contributed by atoms with Gasteiger partial charge in [-0.1, -0.05) is 51.5 Å². The highest BCUT2D eigenvalue weighted by molar-refractivity contribution is 5.30. The summed E-state index contributed by atoms with van der Waals surface area (Å²) >= 11 is 0. The Morgan fingerprint density at radius 3 is 2.65 bits per heavy atom. The van der Waals surface area contributed by atoms with Crippen LogP contribution < -0.4 is 5.32 Å². The number of nitrogens with one attached hydrogen (secondary N) is 1. The Labute approximate surface area is 125 Å². The topological polar surface area (TPSA) is 12.0 Å². The molecule has 2 rings (SSSR count). The minimum atomic E-state index is 0.745. The minimum absolute atomic E-state index is 0.745. The van der Waals surface area contributed by atoms with Gasteiger partial charge < -0.3 is 5.32 Å². The average Bonchev–Trinajstić information content (AvgIpc) is 2.41. The zero-order valence-corrected chi connectivity index (χ0v) is 13.7. The van der Waals surface area contributed by atoms with Crippen LogP contribution in [0.25, 0.3) is 0 Å². The third-order valence-corrected chi connectivity index (χ3v) is 4.80. The predicted octanol–water partition coefficient (Wildman–Crippen LogP) is 4.76. The second-order valence-electron chi connectivity index (χ2n) is 7.19. The summed E-state index contributed by atoms with van der Waals surface area (Å²) < 4.78 is 0. The van der Waals surface area contributed by atoms with E-state index in [0.717, 1.165) is 30.2 Å². The lowest BCUT2D eigenvalue weighted by Gasteiger charge is -2.36. The third-order valence-electron chi connectivity index (χ3n) is 4.80. The van der Waals surface area contributed by atoms with Crippen molar-refractivity contribution in [2.75, 3.05) is 13.1 Å². The van der Waals surface area contributed by atoms with Crippen LogP contribution in [0.2, 0.25) is 0 Å². The summed E-state index contributed by atoms with van der Waals surface area (Å²) in [5, 5.41) is 3.69. The first-order valence-corrected chi connectivity index (χ1v) is 8.34. The van der Waals surface area contributed by atoms with Crippen LogP contribution in [0.4, 0.5) is 0 Å². The lowest BCUT2D eigenvalue weighted by Crippen LogP contribution is -2.33. The van der Waals surface area contributed by atoms with Crippen molar-refractivity contribution in [1.82, 2.24) is 5.32 Å². The van der Waals surface area contributed by atoms with Gasteiger partial charge in [0, 0.05) is 0 Å². The van der Waals surface area contributed by atoms with E-state index in [9.17, 15) is 0 Å². The number of hydrogen-bond acceptors (Lipinski definition) is 1. The number of rotatable bonds is 5. The van der Waals surface area contributed by atoms with Crippen LogP contribution in [-0.2, 0) is 0 Å². The SMILES string of the molecule is Cc1ccccc1C1CC(C)CCC1CNCC(C)C. The Hall–Kier alpha value is -0.820. The normalized spacial score (nSPS) is 26.9. The highest BCUT2D eigenvalue weighted by Crippen LogP contribution is 2.41. The summed E-state index contributed by atoms with van der Waals surface area (Å²) in [6.45, 7) is 11.6. The van der Waals surface area contributed by atoms with Gasteiger partial charge in [0.2, 0.25) is 0 Å². The Kier molecular flexibility index (Phi) is 5.65. The number of hydrogen-bond donors (Lipinski definition) is 1. The van der Waals surface area contributed by atoms with E-state index in [1.54, 1.807) is 5.56 Å². The van der Waals surface area contributed by atoms with E-state index in [1.165, 1.54) is 31.4 Å². The van der Waals surface area contributed by atoms with E-state index >= 15 is 0 Å². The monoisotopic (exact) mass is 273 g/mol. The van der Waals surface area contributed by atoms with Gasteiger partial charge in [-0.25, -0.2) is 0 Å². The van der Waals surface area contributed by atoms with Crippen LogP contribution in [0, 0.1) is 24.7 Å². The summed E-state index contributed by atoms with van der Waals surface area (Å²) in [5.74, 6) is 3.18. The molecule has 20 heavy (non-hydrogen) atoms. The van der Waals surface area contributed by atoms with Gasteiger partial charge in [0.25, 0.3) is 0 Å². The van der Waals surface area contributed by atoms with Gasteiger partial charge >= 0.3 is 0 Å². The second-order valence-corrected chi connectivity index (χ2v) is 7.19. The number of aryl methyl sites for hydroxylation is 1. The molecule has 0 heterocycles. The first-order chi connectivity index (χ1) is 9.58. The van der Waals surface area contributed by atoms with Crippen molar-refractivity contribution in [2.45, 2.75) is 52.9 Å². The van der Waals surface area contributed by atoms with Gasteiger partial charge in [-0.05, 0) is 67.7 Å². The van der Waals surface area contributed by atoms with Crippen LogP contribution in [-0.4, -0.2) is 13.1 Å². The molecule has 1 N–H and O–H groups in total. The van der Waals surface area contributed by atoms with E-state index in [4.69, 9.17) is 0 Å². The van der Waals surface area contributed by atoms with Crippen molar-refractivity contribution < 1.29 is 0 Å². The maximum atomic E-state index is 3.69. The van der Waals surface area contributed by atoms with Crippen molar-refractivity contribution in [1.29, 1.82) is 0 Å². The van der Waals surface area contributed by atoms with E-state index in [1.807, 2.05) is 0 Å². The fraction of sp³-hybridized carbons (Fsp3) is 0.684. The Morgan fingerprint density at radius 2 is 1.95 bits per heavy atom. The van der Waals surface area contributed by atoms with E-state index in [2.05, 4.69) is 57.3 Å². The fourth-order valence-electron chi connectivity index (χ4n) is 3.63. The first-order valence-electron chi connectivity index (χ1n) is 8.34. The van der Waals surface area contributed by atoms with Gasteiger partial charge in [-0.2, -0.15) is 0 Å². The summed E-state index contributed by atoms with van der Waals surface area (Å²) in [7, 11) is 0. The van der Waals surface area contributed by atoms with Crippen LogP contribution >= 0.6 is 0 Å². The Bertz CT molecular complexity index is 410. The smallest absolute Gasteiger partial charge is 0.00146 e. The molecule has 0 saturated heterocycles. The number of benzene rings is 1. The summed E-state index contributed by atoms with van der Waals surface area (Å²) in [6, 6.07) is 9.00. The molecule has 0 bridgehead atoms. The molecule has 1 nitrogen and oxygen atoms in total. The zero-order chi connectivity index (χ0) is 14.5. The molecule has 0 aromatic heterocycles. The molecule has 0 spiro atoms. The predicted molar refractivity (Wildman–Crippen MR) is 88.1 cm³/mol. The molecule has 1 aliphatic carbocycles. The maximum Gasteiger partial charge on any atom is -0.00146 e. The van der Waals surface area contributed by atoms with Gasteiger partial charge in [0.1, 0.15) is 0 Å². The van der Waals surface area contributed by atoms with Gasteiger partial charge in [-0.3, -0.25) is 0 Å². The van der Waals surface area contributed by atoms with E-state index in [-0.39, 0.29) is 0 Å². The minimum Gasteiger partial charge on any atom is -0.316 e. The molecule has 3 unspecified atom stereocenters. The van der Waals surface area contributed by atoms with Crippen molar-refractivity contribution in [2.24, 2.45) is 17.8 Å². The lowest BCUT2D eigenvalue weighted by molar-refractivity contribution is 0.239.